The molecule has 2 N–H and O–H groups in total. The first-order chi connectivity index (χ1) is 13.2. The van der Waals surface area contributed by atoms with Crippen molar-refractivity contribution in [3.05, 3.63) is 84.3 Å². The lowest BCUT2D eigenvalue weighted by Crippen LogP contribution is -2.23. The largest absolute Gasteiger partial charge is 0.491 e. The van der Waals surface area contributed by atoms with Crippen LogP contribution in [-0.4, -0.2) is 30.3 Å². The highest BCUT2D eigenvalue weighted by Gasteiger charge is 2.09. The minimum atomic E-state index is -0.730. The van der Waals surface area contributed by atoms with Crippen LogP contribution in [0.1, 0.15) is 16.1 Å². The minimum Gasteiger partial charge on any atom is -0.491 e. The highest BCUT2D eigenvalue weighted by molar-refractivity contribution is 6.02. The number of aliphatic hydroxyl groups excluding tert-OH is 1. The van der Waals surface area contributed by atoms with Crippen LogP contribution in [0.5, 0.6) is 5.75 Å². The maximum absolute atomic E-state index is 11.9. The Labute approximate surface area is 157 Å². The molecule has 27 heavy (non-hydrogen) atoms. The van der Waals surface area contributed by atoms with Gasteiger partial charge in [-0.25, -0.2) is 0 Å². The van der Waals surface area contributed by atoms with E-state index in [1.807, 2.05) is 30.3 Å². The van der Waals surface area contributed by atoms with Crippen LogP contribution in [0.25, 0.3) is 0 Å². The number of hydrogen-bond donors (Lipinski definition) is 2. The maximum Gasteiger partial charge on any atom is 0.291 e. The van der Waals surface area contributed by atoms with E-state index < -0.39 is 6.10 Å². The smallest absolute Gasteiger partial charge is 0.291 e. The Hall–Kier alpha value is -3.09. The van der Waals surface area contributed by atoms with E-state index in [1.54, 1.807) is 36.4 Å². The number of anilines is 1. The highest BCUT2D eigenvalue weighted by atomic mass is 16.5. The number of furan rings is 1. The van der Waals surface area contributed by atoms with E-state index in [0.717, 1.165) is 5.56 Å². The average Bonchev–Trinajstić information content (AvgIpc) is 3.23. The van der Waals surface area contributed by atoms with Gasteiger partial charge in [-0.1, -0.05) is 30.3 Å². The summed E-state index contributed by atoms with van der Waals surface area (Å²) in [5, 5.41) is 12.7. The summed E-state index contributed by atoms with van der Waals surface area (Å²) in [5.41, 5.74) is 1.67. The van der Waals surface area contributed by atoms with Gasteiger partial charge in [-0.05, 0) is 42.0 Å². The van der Waals surface area contributed by atoms with Crippen molar-refractivity contribution < 1.29 is 23.8 Å². The number of amides is 1. The van der Waals surface area contributed by atoms with E-state index in [-0.39, 0.29) is 24.9 Å². The Morgan fingerprint density at radius 3 is 2.48 bits per heavy atom. The zero-order chi connectivity index (χ0) is 18.9. The van der Waals surface area contributed by atoms with Crippen LogP contribution < -0.4 is 10.1 Å². The van der Waals surface area contributed by atoms with Crippen LogP contribution >= 0.6 is 0 Å². The van der Waals surface area contributed by atoms with Crippen LogP contribution in [0, 0.1) is 0 Å². The second-order valence-corrected chi connectivity index (χ2v) is 5.92. The number of rotatable bonds is 9. The van der Waals surface area contributed by atoms with Gasteiger partial charge in [0.25, 0.3) is 5.91 Å². The average molecular weight is 367 g/mol. The van der Waals surface area contributed by atoms with Gasteiger partial charge in [0, 0.05) is 5.69 Å². The summed E-state index contributed by atoms with van der Waals surface area (Å²) in [6.45, 7) is 0.751. The van der Waals surface area contributed by atoms with Crippen LogP contribution in [0.4, 0.5) is 5.69 Å². The maximum atomic E-state index is 11.9. The van der Waals surface area contributed by atoms with Gasteiger partial charge in [-0.15, -0.1) is 0 Å². The first kappa shape index (κ1) is 18.7. The number of aliphatic hydroxyl groups is 1. The summed E-state index contributed by atoms with van der Waals surface area (Å²) in [5.74, 6) is 0.515. The number of carbonyl (C=O) groups excluding carboxylic acids is 1. The molecule has 0 aliphatic rings. The molecule has 0 radical (unpaired) electrons. The molecule has 6 heteroatoms. The van der Waals surface area contributed by atoms with Crippen molar-refractivity contribution in [2.45, 2.75) is 12.7 Å². The normalized spacial score (nSPS) is 11.7. The van der Waals surface area contributed by atoms with Crippen molar-refractivity contribution in [1.82, 2.24) is 0 Å². The van der Waals surface area contributed by atoms with Crippen molar-refractivity contribution in [3.63, 3.8) is 0 Å². The Kier molecular flexibility index (Phi) is 6.62. The minimum absolute atomic E-state index is 0.118. The predicted molar refractivity (Wildman–Crippen MR) is 101 cm³/mol. The lowest BCUT2D eigenvalue weighted by Gasteiger charge is -2.13. The molecule has 6 nitrogen and oxygen atoms in total. The topological polar surface area (TPSA) is 80.9 Å². The molecule has 3 aromatic rings. The Bertz CT molecular complexity index is 816. The van der Waals surface area contributed by atoms with E-state index in [0.29, 0.717) is 18.0 Å². The van der Waals surface area contributed by atoms with Gasteiger partial charge in [0.2, 0.25) is 0 Å². The lowest BCUT2D eigenvalue weighted by atomic mass is 10.2. The van der Waals surface area contributed by atoms with Crippen molar-refractivity contribution >= 4 is 11.6 Å². The van der Waals surface area contributed by atoms with E-state index in [9.17, 15) is 9.90 Å². The van der Waals surface area contributed by atoms with Crippen molar-refractivity contribution in [1.29, 1.82) is 0 Å². The van der Waals surface area contributed by atoms with Crippen LogP contribution in [0.2, 0.25) is 0 Å². The third kappa shape index (κ3) is 5.99. The van der Waals surface area contributed by atoms with Gasteiger partial charge >= 0.3 is 0 Å². The van der Waals surface area contributed by atoms with Gasteiger partial charge in [-0.3, -0.25) is 4.79 Å². The Morgan fingerprint density at radius 1 is 1.00 bits per heavy atom. The Morgan fingerprint density at radius 2 is 1.78 bits per heavy atom. The summed E-state index contributed by atoms with van der Waals surface area (Å²) in [6.07, 6.45) is 0.716. The zero-order valence-electron chi connectivity index (χ0n) is 14.7. The second-order valence-electron chi connectivity index (χ2n) is 5.92. The summed E-state index contributed by atoms with van der Waals surface area (Å²) in [6, 6.07) is 19.9. The van der Waals surface area contributed by atoms with Gasteiger partial charge in [-0.2, -0.15) is 0 Å². The van der Waals surface area contributed by atoms with Crippen molar-refractivity contribution in [2.75, 3.05) is 18.5 Å². The quantitative estimate of drug-likeness (QED) is 0.605. The lowest BCUT2D eigenvalue weighted by molar-refractivity contribution is 0.00549. The molecule has 1 heterocycles. The van der Waals surface area contributed by atoms with E-state index in [2.05, 4.69) is 5.32 Å². The fraction of sp³-hybridized carbons (Fsp3) is 0.190. The molecule has 3 rings (SSSR count). The van der Waals surface area contributed by atoms with E-state index in [1.165, 1.54) is 6.26 Å². The van der Waals surface area contributed by atoms with Gasteiger partial charge in [0.05, 0.1) is 19.5 Å². The van der Waals surface area contributed by atoms with Crippen LogP contribution in [-0.2, 0) is 11.3 Å². The highest BCUT2D eigenvalue weighted by Crippen LogP contribution is 2.17. The second kappa shape index (κ2) is 9.56. The molecule has 0 bridgehead atoms. The van der Waals surface area contributed by atoms with E-state index >= 15 is 0 Å². The van der Waals surface area contributed by atoms with Crippen LogP contribution in [0.3, 0.4) is 0 Å². The number of ether oxygens (including phenoxy) is 2. The summed E-state index contributed by atoms with van der Waals surface area (Å²) in [7, 11) is 0. The van der Waals surface area contributed by atoms with Crippen molar-refractivity contribution in [2.24, 2.45) is 0 Å². The number of nitrogens with one attached hydrogen (secondary N) is 1. The molecule has 2 aromatic carbocycles. The fourth-order valence-corrected chi connectivity index (χ4v) is 2.36. The summed E-state index contributed by atoms with van der Waals surface area (Å²) < 4.78 is 16.1. The predicted octanol–water partition coefficient (Wildman–Crippen LogP) is 3.49. The third-order valence-corrected chi connectivity index (χ3v) is 3.72. The number of benzene rings is 2. The molecule has 0 aliphatic carbocycles. The SMILES string of the molecule is O=C(Nc1ccc(OC[C@H](O)COCc2ccccc2)cc1)c1ccco1. The molecule has 0 unspecified atom stereocenters. The molecule has 0 saturated carbocycles. The molecule has 0 fully saturated rings. The summed E-state index contributed by atoms with van der Waals surface area (Å²) >= 11 is 0. The number of hydrogen-bond acceptors (Lipinski definition) is 5. The molecule has 0 aliphatic heterocycles. The molecule has 1 aromatic heterocycles. The Balaban J connectivity index is 1.38. The fourth-order valence-electron chi connectivity index (χ4n) is 2.36. The first-order valence-electron chi connectivity index (χ1n) is 8.58. The monoisotopic (exact) mass is 367 g/mol. The molecular weight excluding hydrogens is 346 g/mol. The molecule has 140 valence electrons. The zero-order valence-corrected chi connectivity index (χ0v) is 14.7. The third-order valence-electron chi connectivity index (χ3n) is 3.72. The van der Waals surface area contributed by atoms with Gasteiger partial charge < -0.3 is 24.3 Å². The number of carbonyl (C=O) groups is 1. The molecule has 1 atom stereocenters. The van der Waals surface area contributed by atoms with Gasteiger partial charge in [0.1, 0.15) is 18.5 Å². The van der Waals surface area contributed by atoms with Crippen LogP contribution in [0.15, 0.2) is 77.4 Å². The molecule has 0 saturated heterocycles. The molecule has 1 amide bonds. The first-order valence-corrected chi connectivity index (χ1v) is 8.58. The van der Waals surface area contributed by atoms with E-state index in [4.69, 9.17) is 13.9 Å². The van der Waals surface area contributed by atoms with Crippen molar-refractivity contribution in [3.8, 4) is 5.75 Å². The molecule has 0 spiro atoms. The standard InChI is InChI=1S/C21H21NO5/c23-18(14-25-13-16-5-2-1-3-6-16)15-27-19-10-8-17(9-11-19)22-21(24)20-7-4-12-26-20/h1-12,18,23H,13-15H2,(H,22,24)/t18-/m1/s1. The summed E-state index contributed by atoms with van der Waals surface area (Å²) in [4.78, 5) is 11.9. The molecular formula is C21H21NO5. The van der Waals surface area contributed by atoms with Gasteiger partial charge in [0.15, 0.2) is 5.76 Å².